The quantitative estimate of drug-likeness (QED) is 0.305. The van der Waals surface area contributed by atoms with E-state index in [1.807, 2.05) is 18.0 Å². The SMILES string of the molecule is C=CCCCCCCCCCCCCCCCN1CN(C)c2c1n(C)c(=O)[nH]c2=O. The van der Waals surface area contributed by atoms with Gasteiger partial charge in [0.2, 0.25) is 0 Å². The van der Waals surface area contributed by atoms with Crippen LogP contribution in [0.25, 0.3) is 0 Å². The van der Waals surface area contributed by atoms with Crippen LogP contribution >= 0.6 is 0 Å². The molecule has 0 atom stereocenters. The topological polar surface area (TPSA) is 61.3 Å². The van der Waals surface area contributed by atoms with Crippen molar-refractivity contribution in [3.05, 3.63) is 33.5 Å². The van der Waals surface area contributed by atoms with Gasteiger partial charge in [-0.05, 0) is 19.3 Å². The van der Waals surface area contributed by atoms with E-state index in [-0.39, 0.29) is 11.2 Å². The summed E-state index contributed by atoms with van der Waals surface area (Å²) in [7, 11) is 3.63. The molecule has 0 unspecified atom stereocenters. The van der Waals surface area contributed by atoms with E-state index in [2.05, 4.69) is 16.5 Å². The van der Waals surface area contributed by atoms with Crippen LogP contribution in [0.3, 0.4) is 0 Å². The van der Waals surface area contributed by atoms with Crippen molar-refractivity contribution in [2.24, 2.45) is 7.05 Å². The number of hydrogen-bond acceptors (Lipinski definition) is 4. The zero-order valence-corrected chi connectivity index (χ0v) is 19.3. The van der Waals surface area contributed by atoms with Crippen LogP contribution in [-0.2, 0) is 7.05 Å². The highest BCUT2D eigenvalue weighted by molar-refractivity contribution is 5.71. The van der Waals surface area contributed by atoms with Gasteiger partial charge in [0.15, 0.2) is 0 Å². The lowest BCUT2D eigenvalue weighted by molar-refractivity contribution is 0.536. The van der Waals surface area contributed by atoms with Gasteiger partial charge in [0.25, 0.3) is 5.56 Å². The second-order valence-electron chi connectivity index (χ2n) is 8.77. The number of allylic oxidation sites excluding steroid dienone is 1. The van der Waals surface area contributed by atoms with Gasteiger partial charge in [-0.2, -0.15) is 0 Å². The average Bonchev–Trinajstić information content (AvgIpc) is 3.06. The molecule has 0 amide bonds. The molecule has 30 heavy (non-hydrogen) atoms. The molecule has 1 aliphatic heterocycles. The second-order valence-corrected chi connectivity index (χ2v) is 8.77. The maximum Gasteiger partial charge on any atom is 0.329 e. The molecule has 170 valence electrons. The number of fused-ring (bicyclic) bond motifs is 1. The molecule has 1 aliphatic rings. The van der Waals surface area contributed by atoms with E-state index in [0.717, 1.165) is 18.8 Å². The van der Waals surface area contributed by atoms with Crippen LogP contribution in [0.15, 0.2) is 22.2 Å². The standard InChI is InChI=1S/C24H42N4O2/c1-4-5-6-7-8-9-10-11-12-13-14-15-16-17-18-19-28-20-26(2)21-22(29)25-24(30)27(3)23(21)28/h4H,1,5-20H2,2-3H3,(H,25,29,30). The number of aromatic amines is 1. The van der Waals surface area contributed by atoms with Crippen molar-refractivity contribution in [1.29, 1.82) is 0 Å². The highest BCUT2D eigenvalue weighted by Gasteiger charge is 2.28. The average molecular weight is 419 g/mol. The van der Waals surface area contributed by atoms with E-state index < -0.39 is 0 Å². The Balaban J connectivity index is 1.50. The van der Waals surface area contributed by atoms with Crippen LogP contribution in [-0.4, -0.2) is 29.8 Å². The Morgan fingerprint density at radius 2 is 1.33 bits per heavy atom. The fraction of sp³-hybridized carbons (Fsp3) is 0.750. The molecule has 6 heteroatoms. The van der Waals surface area contributed by atoms with Crippen molar-refractivity contribution in [2.45, 2.75) is 89.9 Å². The predicted molar refractivity (Wildman–Crippen MR) is 128 cm³/mol. The number of rotatable bonds is 16. The number of H-pyrrole nitrogens is 1. The van der Waals surface area contributed by atoms with Crippen molar-refractivity contribution in [2.75, 3.05) is 30.1 Å². The molecule has 0 saturated heterocycles. The van der Waals surface area contributed by atoms with Crippen LogP contribution < -0.4 is 21.0 Å². The van der Waals surface area contributed by atoms with Gasteiger partial charge in [-0.25, -0.2) is 4.79 Å². The predicted octanol–water partition coefficient (Wildman–Crippen LogP) is 4.93. The Hall–Kier alpha value is -1.98. The van der Waals surface area contributed by atoms with Crippen LogP contribution in [0.5, 0.6) is 0 Å². The number of nitrogens with zero attached hydrogens (tertiary/aromatic N) is 3. The molecule has 0 aromatic carbocycles. The van der Waals surface area contributed by atoms with Crippen molar-refractivity contribution < 1.29 is 0 Å². The van der Waals surface area contributed by atoms with Gasteiger partial charge in [0.05, 0.1) is 6.67 Å². The molecule has 0 radical (unpaired) electrons. The molecule has 0 fully saturated rings. The molecule has 1 N–H and O–H groups in total. The van der Waals surface area contributed by atoms with Crippen LogP contribution in [0.2, 0.25) is 0 Å². The number of aromatic nitrogens is 2. The number of hydrogen-bond donors (Lipinski definition) is 1. The lowest BCUT2D eigenvalue weighted by Gasteiger charge is -2.20. The molecule has 0 spiro atoms. The van der Waals surface area contributed by atoms with Gasteiger partial charge in [-0.3, -0.25) is 14.3 Å². The summed E-state index contributed by atoms with van der Waals surface area (Å²) in [5, 5.41) is 0. The smallest absolute Gasteiger partial charge is 0.329 e. The molecule has 2 heterocycles. The third kappa shape index (κ3) is 7.37. The summed E-state index contributed by atoms with van der Waals surface area (Å²) < 4.78 is 1.56. The lowest BCUT2D eigenvalue weighted by Crippen LogP contribution is -2.32. The maximum atomic E-state index is 12.1. The van der Waals surface area contributed by atoms with Gasteiger partial charge in [0, 0.05) is 20.6 Å². The van der Waals surface area contributed by atoms with E-state index in [0.29, 0.717) is 12.4 Å². The first kappa shape index (κ1) is 24.3. The van der Waals surface area contributed by atoms with Gasteiger partial charge >= 0.3 is 5.69 Å². The number of nitrogens with one attached hydrogen (secondary N) is 1. The first-order valence-corrected chi connectivity index (χ1v) is 12.0. The fourth-order valence-corrected chi connectivity index (χ4v) is 4.41. The van der Waals surface area contributed by atoms with Gasteiger partial charge in [0.1, 0.15) is 11.5 Å². The minimum absolute atomic E-state index is 0.286. The maximum absolute atomic E-state index is 12.1. The molecular formula is C24H42N4O2. The Morgan fingerprint density at radius 1 is 0.833 bits per heavy atom. The summed E-state index contributed by atoms with van der Waals surface area (Å²) in [5.74, 6) is 0.756. The Bertz CT molecular complexity index is 753. The van der Waals surface area contributed by atoms with Gasteiger partial charge in [-0.1, -0.05) is 76.7 Å². The van der Waals surface area contributed by atoms with Crippen molar-refractivity contribution in [3.8, 4) is 0 Å². The van der Waals surface area contributed by atoms with Crippen molar-refractivity contribution in [1.82, 2.24) is 9.55 Å². The molecule has 1 aromatic rings. The van der Waals surface area contributed by atoms with E-state index in [1.54, 1.807) is 11.6 Å². The number of anilines is 2. The summed E-state index contributed by atoms with van der Waals surface area (Å²) in [6, 6.07) is 0. The molecule has 0 aliphatic carbocycles. The van der Waals surface area contributed by atoms with Crippen molar-refractivity contribution in [3.63, 3.8) is 0 Å². The third-order valence-electron chi connectivity index (χ3n) is 6.17. The lowest BCUT2D eigenvalue weighted by atomic mass is 10.0. The molecular weight excluding hydrogens is 376 g/mol. The zero-order valence-electron chi connectivity index (χ0n) is 19.3. The Morgan fingerprint density at radius 3 is 1.87 bits per heavy atom. The van der Waals surface area contributed by atoms with Crippen LogP contribution in [0.1, 0.15) is 89.9 Å². The van der Waals surface area contributed by atoms with Crippen molar-refractivity contribution >= 4 is 11.5 Å². The Kier molecular flexibility index (Phi) is 10.8. The molecule has 0 bridgehead atoms. The van der Waals surface area contributed by atoms with E-state index in [9.17, 15) is 9.59 Å². The minimum Gasteiger partial charge on any atom is -0.349 e. The molecule has 2 rings (SSSR count). The summed E-state index contributed by atoms with van der Waals surface area (Å²) in [6.45, 7) is 5.33. The highest BCUT2D eigenvalue weighted by atomic mass is 16.2. The summed E-state index contributed by atoms with van der Waals surface area (Å²) in [4.78, 5) is 30.5. The fourth-order valence-electron chi connectivity index (χ4n) is 4.41. The molecule has 1 aromatic heterocycles. The third-order valence-corrected chi connectivity index (χ3v) is 6.17. The van der Waals surface area contributed by atoms with E-state index in [4.69, 9.17) is 0 Å². The van der Waals surface area contributed by atoms with Crippen LogP contribution in [0.4, 0.5) is 11.5 Å². The first-order chi connectivity index (χ1) is 14.6. The monoisotopic (exact) mass is 418 g/mol. The summed E-state index contributed by atoms with van der Waals surface area (Å²) in [5.41, 5.74) is -0.0219. The van der Waals surface area contributed by atoms with E-state index in [1.165, 1.54) is 83.5 Å². The zero-order chi connectivity index (χ0) is 21.8. The molecule has 0 saturated carbocycles. The Labute approximate surface area is 182 Å². The number of unbranched alkanes of at least 4 members (excludes halogenated alkanes) is 13. The minimum atomic E-state index is -0.341. The summed E-state index contributed by atoms with van der Waals surface area (Å²) in [6.07, 6.45) is 20.4. The van der Waals surface area contributed by atoms with Gasteiger partial charge in [-0.15, -0.1) is 6.58 Å². The van der Waals surface area contributed by atoms with Crippen LogP contribution in [0, 0.1) is 0 Å². The highest BCUT2D eigenvalue weighted by Crippen LogP contribution is 2.29. The molecule has 6 nitrogen and oxygen atoms in total. The largest absolute Gasteiger partial charge is 0.349 e. The normalized spacial score (nSPS) is 13.1. The van der Waals surface area contributed by atoms with E-state index >= 15 is 0 Å². The second kappa shape index (κ2) is 13.3. The first-order valence-electron chi connectivity index (χ1n) is 12.0. The summed E-state index contributed by atoms with van der Waals surface area (Å²) >= 11 is 0. The van der Waals surface area contributed by atoms with Gasteiger partial charge < -0.3 is 9.80 Å².